The number of hydrogen-bond donors (Lipinski definition) is 1. The van der Waals surface area contributed by atoms with Gasteiger partial charge >= 0.3 is 0 Å². The monoisotopic (exact) mass is 305 g/mol. The number of ether oxygens (including phenoxy) is 1. The van der Waals surface area contributed by atoms with E-state index in [-0.39, 0.29) is 11.9 Å². The van der Waals surface area contributed by atoms with Crippen molar-refractivity contribution in [3.63, 3.8) is 0 Å². The lowest BCUT2D eigenvalue weighted by atomic mass is 10.0. The van der Waals surface area contributed by atoms with E-state index in [2.05, 4.69) is 11.4 Å². The van der Waals surface area contributed by atoms with Gasteiger partial charge in [-0.1, -0.05) is 12.1 Å². The molecule has 0 saturated heterocycles. The number of aryl methyl sites for hydroxylation is 2. The highest BCUT2D eigenvalue weighted by atomic mass is 32.1. The second-order valence-corrected chi connectivity index (χ2v) is 6.60. The van der Waals surface area contributed by atoms with Crippen LogP contribution in [-0.2, 0) is 19.3 Å². The predicted octanol–water partition coefficient (Wildman–Crippen LogP) is 3.89. The van der Waals surface area contributed by atoms with E-state index >= 15 is 0 Å². The van der Waals surface area contributed by atoms with Crippen LogP contribution in [0, 0.1) is 5.82 Å². The van der Waals surface area contributed by atoms with E-state index in [1.807, 2.05) is 30.5 Å². The molecule has 0 aliphatic heterocycles. The Balaban J connectivity index is 1.84. The second kappa shape index (κ2) is 6.16. The Bertz CT molecular complexity index is 616. The van der Waals surface area contributed by atoms with Crippen LogP contribution in [0.15, 0.2) is 24.3 Å². The van der Waals surface area contributed by atoms with Gasteiger partial charge in [0.05, 0.1) is 7.11 Å². The van der Waals surface area contributed by atoms with E-state index in [1.165, 1.54) is 41.7 Å². The summed E-state index contributed by atoms with van der Waals surface area (Å²) in [7, 11) is 3.44. The fourth-order valence-corrected chi connectivity index (χ4v) is 4.33. The topological polar surface area (TPSA) is 21.3 Å². The van der Waals surface area contributed by atoms with Gasteiger partial charge < -0.3 is 10.1 Å². The summed E-state index contributed by atoms with van der Waals surface area (Å²) in [6.07, 6.45) is 4.30. The summed E-state index contributed by atoms with van der Waals surface area (Å²) in [5.41, 5.74) is 2.18. The van der Waals surface area contributed by atoms with Gasteiger partial charge in [0, 0.05) is 15.8 Å². The molecule has 1 atom stereocenters. The smallest absolute Gasteiger partial charge is 0.168 e. The number of nitrogens with one attached hydrogen (secondary N) is 1. The molecule has 112 valence electrons. The fourth-order valence-electron chi connectivity index (χ4n) is 2.96. The molecule has 2 nitrogen and oxygen atoms in total. The molecule has 1 aromatic heterocycles. The van der Waals surface area contributed by atoms with Crippen LogP contribution in [0.3, 0.4) is 0 Å². The molecule has 1 aliphatic rings. The lowest BCUT2D eigenvalue weighted by molar-refractivity contribution is 0.383. The van der Waals surface area contributed by atoms with Crippen molar-refractivity contribution in [1.82, 2.24) is 5.32 Å². The summed E-state index contributed by atoms with van der Waals surface area (Å²) in [6.45, 7) is 0. The number of halogens is 1. The van der Waals surface area contributed by atoms with Gasteiger partial charge in [-0.25, -0.2) is 4.39 Å². The molecule has 0 fully saturated rings. The van der Waals surface area contributed by atoms with E-state index in [1.54, 1.807) is 6.07 Å². The van der Waals surface area contributed by atoms with Gasteiger partial charge in [-0.05, 0) is 56.0 Å². The molecule has 0 amide bonds. The molecule has 1 N–H and O–H groups in total. The van der Waals surface area contributed by atoms with E-state index in [4.69, 9.17) is 4.74 Å². The average molecular weight is 305 g/mol. The van der Waals surface area contributed by atoms with Crippen molar-refractivity contribution in [1.29, 1.82) is 0 Å². The van der Waals surface area contributed by atoms with Crippen molar-refractivity contribution >= 4 is 11.3 Å². The third-order valence-electron chi connectivity index (χ3n) is 4.14. The first-order valence-corrected chi connectivity index (χ1v) is 8.14. The molecule has 1 aliphatic carbocycles. The normalized spacial score (nSPS) is 15.0. The molecule has 0 radical (unpaired) electrons. The van der Waals surface area contributed by atoms with E-state index in [0.717, 1.165) is 0 Å². The van der Waals surface area contributed by atoms with Crippen LogP contribution in [0.1, 0.15) is 33.3 Å². The van der Waals surface area contributed by atoms with Crippen molar-refractivity contribution < 1.29 is 9.13 Å². The van der Waals surface area contributed by atoms with Gasteiger partial charge in [-0.3, -0.25) is 0 Å². The molecular weight excluding hydrogens is 285 g/mol. The molecule has 1 aromatic carbocycles. The van der Waals surface area contributed by atoms with Crippen LogP contribution in [0.4, 0.5) is 4.39 Å². The highest BCUT2D eigenvalue weighted by Gasteiger charge is 2.21. The SMILES string of the molecule is CNC(Cc1cccc(OC)c1F)c1cc2c(s1)CCC2. The summed E-state index contributed by atoms with van der Waals surface area (Å²) < 4.78 is 19.4. The molecule has 1 unspecified atom stereocenters. The molecule has 0 spiro atoms. The number of hydrogen-bond acceptors (Lipinski definition) is 3. The molecule has 1 heterocycles. The highest BCUT2D eigenvalue weighted by molar-refractivity contribution is 7.12. The standard InChI is InChI=1S/C17H20FNOS/c1-19-13(16-10-11-5-4-8-15(11)21-16)9-12-6-3-7-14(20-2)17(12)18/h3,6-7,10,13,19H,4-5,8-9H2,1-2H3. The first-order valence-electron chi connectivity index (χ1n) is 7.33. The first-order chi connectivity index (χ1) is 10.2. The molecule has 0 bridgehead atoms. The number of rotatable bonds is 5. The average Bonchev–Trinajstić information content (AvgIpc) is 3.07. The predicted molar refractivity (Wildman–Crippen MR) is 84.8 cm³/mol. The van der Waals surface area contributed by atoms with E-state index < -0.39 is 0 Å². The van der Waals surface area contributed by atoms with Crippen LogP contribution < -0.4 is 10.1 Å². The Hall–Kier alpha value is -1.39. The number of thiophene rings is 1. The quantitative estimate of drug-likeness (QED) is 0.905. The van der Waals surface area contributed by atoms with Gasteiger partial charge in [0.15, 0.2) is 11.6 Å². The number of benzene rings is 1. The molecule has 21 heavy (non-hydrogen) atoms. The van der Waals surface area contributed by atoms with Crippen LogP contribution in [-0.4, -0.2) is 14.2 Å². The van der Waals surface area contributed by atoms with Crippen LogP contribution in [0.25, 0.3) is 0 Å². The Labute approximate surface area is 129 Å². The minimum atomic E-state index is -0.246. The summed E-state index contributed by atoms with van der Waals surface area (Å²) in [6, 6.07) is 7.79. The number of fused-ring (bicyclic) bond motifs is 1. The van der Waals surface area contributed by atoms with Gasteiger partial charge in [-0.15, -0.1) is 11.3 Å². The Morgan fingerprint density at radius 2 is 2.24 bits per heavy atom. The lowest BCUT2D eigenvalue weighted by Gasteiger charge is -2.16. The number of likely N-dealkylation sites (N-methyl/N-ethyl adjacent to an activating group) is 1. The maximum Gasteiger partial charge on any atom is 0.168 e. The van der Waals surface area contributed by atoms with E-state index in [0.29, 0.717) is 17.7 Å². The van der Waals surface area contributed by atoms with Gasteiger partial charge in [-0.2, -0.15) is 0 Å². The van der Waals surface area contributed by atoms with Crippen LogP contribution in [0.5, 0.6) is 5.75 Å². The lowest BCUT2D eigenvalue weighted by Crippen LogP contribution is -2.18. The zero-order valence-electron chi connectivity index (χ0n) is 12.4. The Kier molecular flexibility index (Phi) is 4.27. The summed E-state index contributed by atoms with van der Waals surface area (Å²) in [5.74, 6) is 0.0698. The second-order valence-electron chi connectivity index (χ2n) is 5.43. The van der Waals surface area contributed by atoms with Crippen molar-refractivity contribution in [2.45, 2.75) is 31.7 Å². The molecule has 0 saturated carbocycles. The molecule has 2 aromatic rings. The summed E-state index contributed by atoms with van der Waals surface area (Å²) in [5, 5.41) is 3.32. The van der Waals surface area contributed by atoms with Crippen LogP contribution >= 0.6 is 11.3 Å². The maximum atomic E-state index is 14.3. The molecule has 4 heteroatoms. The third-order valence-corrected chi connectivity index (χ3v) is 5.50. The largest absolute Gasteiger partial charge is 0.494 e. The van der Waals surface area contributed by atoms with Crippen LogP contribution in [0.2, 0.25) is 0 Å². The molecular formula is C17H20FNOS. The zero-order valence-corrected chi connectivity index (χ0v) is 13.2. The molecule has 3 rings (SSSR count). The Morgan fingerprint density at radius 3 is 2.95 bits per heavy atom. The van der Waals surface area contributed by atoms with E-state index in [9.17, 15) is 4.39 Å². The fraction of sp³-hybridized carbons (Fsp3) is 0.412. The van der Waals surface area contributed by atoms with Crippen molar-refractivity contribution in [2.75, 3.05) is 14.2 Å². The number of methoxy groups -OCH3 is 1. The summed E-state index contributed by atoms with van der Waals surface area (Å²) in [4.78, 5) is 2.82. The van der Waals surface area contributed by atoms with Gasteiger partial charge in [0.25, 0.3) is 0 Å². The zero-order chi connectivity index (χ0) is 14.8. The highest BCUT2D eigenvalue weighted by Crippen LogP contribution is 2.35. The van der Waals surface area contributed by atoms with Gasteiger partial charge in [0.1, 0.15) is 0 Å². The van der Waals surface area contributed by atoms with Crippen molar-refractivity contribution in [2.24, 2.45) is 0 Å². The maximum absolute atomic E-state index is 14.3. The van der Waals surface area contributed by atoms with Crippen molar-refractivity contribution in [3.8, 4) is 5.75 Å². The van der Waals surface area contributed by atoms with Crippen molar-refractivity contribution in [3.05, 3.63) is 51.0 Å². The Morgan fingerprint density at radius 1 is 1.38 bits per heavy atom. The first kappa shape index (κ1) is 14.5. The third kappa shape index (κ3) is 2.83. The minimum Gasteiger partial charge on any atom is -0.494 e. The minimum absolute atomic E-state index is 0.155. The van der Waals surface area contributed by atoms with Gasteiger partial charge in [0.2, 0.25) is 0 Å². The summed E-state index contributed by atoms with van der Waals surface area (Å²) >= 11 is 1.87.